The van der Waals surface area contributed by atoms with Crippen molar-refractivity contribution < 1.29 is 4.79 Å². The first-order valence-corrected chi connectivity index (χ1v) is 10.7. The minimum atomic E-state index is -0.382. The van der Waals surface area contributed by atoms with Gasteiger partial charge in [-0.2, -0.15) is 0 Å². The summed E-state index contributed by atoms with van der Waals surface area (Å²) in [6.07, 6.45) is 0. The molecule has 1 aliphatic rings. The van der Waals surface area contributed by atoms with E-state index in [1.807, 2.05) is 85.8 Å². The number of thiocarbonyl (C=S) groups is 1. The topological polar surface area (TPSA) is 53.2 Å². The van der Waals surface area contributed by atoms with Crippen molar-refractivity contribution in [1.82, 2.24) is 10.6 Å². The predicted molar refractivity (Wildman–Crippen MR) is 129 cm³/mol. The molecule has 0 radical (unpaired) electrons. The maximum atomic E-state index is 13.5. The molecule has 0 saturated heterocycles. The predicted octanol–water partition coefficient (Wildman–Crippen LogP) is 5.33. The molecule has 0 aliphatic carbocycles. The lowest BCUT2D eigenvalue weighted by molar-refractivity contribution is -0.113. The number of benzene rings is 3. The summed E-state index contributed by atoms with van der Waals surface area (Å²) in [5.41, 5.74) is 5.01. The van der Waals surface area contributed by atoms with Gasteiger partial charge in [0.1, 0.15) is 0 Å². The summed E-state index contributed by atoms with van der Waals surface area (Å²) in [4.78, 5) is 13.5. The van der Waals surface area contributed by atoms with Crippen molar-refractivity contribution in [2.24, 2.45) is 0 Å². The minimum Gasteiger partial charge on any atom is -0.351 e. The van der Waals surface area contributed by atoms with Crippen molar-refractivity contribution in [1.29, 1.82) is 0 Å². The van der Waals surface area contributed by atoms with Gasteiger partial charge < -0.3 is 16.0 Å². The molecule has 0 fully saturated rings. The summed E-state index contributed by atoms with van der Waals surface area (Å²) < 4.78 is 0.973. The average molecular weight is 478 g/mol. The van der Waals surface area contributed by atoms with Crippen LogP contribution >= 0.6 is 28.1 Å². The SMILES string of the molecule is Cc1ccc(NC(=O)C2=C(c3ccccc3)NC(=S)NC2c2ccc(Br)cc2)cc1. The highest BCUT2D eigenvalue weighted by molar-refractivity contribution is 9.10. The third-order valence-electron chi connectivity index (χ3n) is 4.89. The Kier molecular flexibility index (Phi) is 5.97. The quantitative estimate of drug-likeness (QED) is 0.444. The van der Waals surface area contributed by atoms with E-state index >= 15 is 0 Å². The summed E-state index contributed by atoms with van der Waals surface area (Å²) >= 11 is 8.95. The van der Waals surface area contributed by atoms with Gasteiger partial charge in [-0.25, -0.2) is 0 Å². The smallest absolute Gasteiger partial charge is 0.256 e. The minimum absolute atomic E-state index is 0.187. The highest BCUT2D eigenvalue weighted by Crippen LogP contribution is 2.32. The van der Waals surface area contributed by atoms with Gasteiger partial charge in [0.2, 0.25) is 0 Å². The van der Waals surface area contributed by atoms with Crippen LogP contribution in [0.4, 0.5) is 5.69 Å². The Morgan fingerprint density at radius 1 is 0.967 bits per heavy atom. The standard InChI is InChI=1S/C24H20BrN3OS/c1-15-7-13-19(14-8-15)26-23(29)20-21(16-5-3-2-4-6-16)27-24(30)28-22(20)17-9-11-18(25)12-10-17/h2-14,22H,1H3,(H,26,29)(H2,27,28,30). The Morgan fingerprint density at radius 2 is 1.63 bits per heavy atom. The summed E-state index contributed by atoms with van der Waals surface area (Å²) in [5.74, 6) is -0.187. The molecule has 3 aromatic carbocycles. The van der Waals surface area contributed by atoms with Crippen LogP contribution in [0.1, 0.15) is 22.7 Å². The number of hydrogen-bond donors (Lipinski definition) is 3. The molecule has 3 N–H and O–H groups in total. The molecule has 6 heteroatoms. The van der Waals surface area contributed by atoms with E-state index in [2.05, 4.69) is 31.9 Å². The molecule has 1 heterocycles. The van der Waals surface area contributed by atoms with Crippen molar-refractivity contribution in [2.45, 2.75) is 13.0 Å². The maximum Gasteiger partial charge on any atom is 0.256 e. The maximum absolute atomic E-state index is 13.5. The zero-order chi connectivity index (χ0) is 21.1. The molecule has 1 amide bonds. The Bertz CT molecular complexity index is 1110. The first-order chi connectivity index (χ1) is 14.5. The van der Waals surface area contributed by atoms with Gasteiger partial charge in [0.05, 0.1) is 17.3 Å². The molecule has 1 aliphatic heterocycles. The molecule has 4 rings (SSSR count). The summed E-state index contributed by atoms with van der Waals surface area (Å²) in [6.45, 7) is 2.02. The number of nitrogens with one attached hydrogen (secondary N) is 3. The first kappa shape index (κ1) is 20.3. The number of amides is 1. The fourth-order valence-corrected chi connectivity index (χ4v) is 3.87. The molecule has 150 valence electrons. The van der Waals surface area contributed by atoms with Crippen LogP contribution in [0.15, 0.2) is 88.9 Å². The molecule has 1 atom stereocenters. The molecular weight excluding hydrogens is 458 g/mol. The first-order valence-electron chi connectivity index (χ1n) is 9.52. The van der Waals surface area contributed by atoms with Crippen LogP contribution in [0.3, 0.4) is 0 Å². The molecule has 0 spiro atoms. The van der Waals surface area contributed by atoms with E-state index in [9.17, 15) is 4.79 Å². The van der Waals surface area contributed by atoms with Gasteiger partial charge in [-0.05, 0) is 54.5 Å². The summed E-state index contributed by atoms with van der Waals surface area (Å²) in [5, 5.41) is 9.98. The van der Waals surface area contributed by atoms with E-state index in [1.54, 1.807) is 0 Å². The monoisotopic (exact) mass is 477 g/mol. The van der Waals surface area contributed by atoms with Gasteiger partial charge >= 0.3 is 0 Å². The normalized spacial score (nSPS) is 15.9. The van der Waals surface area contributed by atoms with E-state index < -0.39 is 0 Å². The fourth-order valence-electron chi connectivity index (χ4n) is 3.38. The second-order valence-electron chi connectivity index (χ2n) is 7.06. The molecule has 0 bridgehead atoms. The van der Waals surface area contributed by atoms with Crippen LogP contribution in [0.25, 0.3) is 5.70 Å². The highest BCUT2D eigenvalue weighted by Gasteiger charge is 2.32. The second-order valence-corrected chi connectivity index (χ2v) is 8.38. The Hall–Kier alpha value is -2.96. The zero-order valence-electron chi connectivity index (χ0n) is 16.3. The second kappa shape index (κ2) is 8.81. The van der Waals surface area contributed by atoms with Crippen molar-refractivity contribution in [3.8, 4) is 0 Å². The number of hydrogen-bond acceptors (Lipinski definition) is 2. The fraction of sp³-hybridized carbons (Fsp3) is 0.0833. The van der Waals surface area contributed by atoms with Gasteiger partial charge in [0.25, 0.3) is 5.91 Å². The highest BCUT2D eigenvalue weighted by atomic mass is 79.9. The molecule has 0 aromatic heterocycles. The van der Waals surface area contributed by atoms with E-state index in [1.165, 1.54) is 0 Å². The average Bonchev–Trinajstić information content (AvgIpc) is 2.76. The largest absolute Gasteiger partial charge is 0.351 e. The number of aryl methyl sites for hydroxylation is 1. The van der Waals surface area contributed by atoms with Gasteiger partial charge in [0.15, 0.2) is 5.11 Å². The van der Waals surface area contributed by atoms with Gasteiger partial charge in [-0.15, -0.1) is 0 Å². The zero-order valence-corrected chi connectivity index (χ0v) is 18.7. The van der Waals surface area contributed by atoms with Crippen LogP contribution in [0.2, 0.25) is 0 Å². The van der Waals surface area contributed by atoms with Crippen molar-refractivity contribution >= 4 is 50.6 Å². The molecule has 30 heavy (non-hydrogen) atoms. The number of rotatable bonds is 4. The molecule has 1 unspecified atom stereocenters. The van der Waals surface area contributed by atoms with Crippen molar-refractivity contribution in [3.05, 3.63) is 106 Å². The lowest BCUT2D eigenvalue weighted by Crippen LogP contribution is -2.45. The van der Waals surface area contributed by atoms with Crippen LogP contribution in [0, 0.1) is 6.92 Å². The van der Waals surface area contributed by atoms with Gasteiger partial charge in [-0.1, -0.05) is 76.1 Å². The summed E-state index contributed by atoms with van der Waals surface area (Å²) in [7, 11) is 0. The van der Waals surface area contributed by atoms with Crippen LogP contribution < -0.4 is 16.0 Å². The van der Waals surface area contributed by atoms with Crippen molar-refractivity contribution in [3.63, 3.8) is 0 Å². The Balaban J connectivity index is 1.81. The van der Waals surface area contributed by atoms with Crippen LogP contribution in [-0.4, -0.2) is 11.0 Å². The van der Waals surface area contributed by atoms with Gasteiger partial charge in [0, 0.05) is 10.2 Å². The van der Waals surface area contributed by atoms with Crippen LogP contribution in [-0.2, 0) is 4.79 Å². The number of carbonyl (C=O) groups is 1. The molecule has 4 nitrogen and oxygen atoms in total. The summed E-state index contributed by atoms with van der Waals surface area (Å²) in [6, 6.07) is 25.0. The molecular formula is C24H20BrN3OS. The third kappa shape index (κ3) is 4.45. The Morgan fingerprint density at radius 3 is 2.30 bits per heavy atom. The molecule has 3 aromatic rings. The third-order valence-corrected chi connectivity index (χ3v) is 5.64. The van der Waals surface area contributed by atoms with E-state index in [0.717, 1.165) is 26.9 Å². The van der Waals surface area contributed by atoms with Crippen molar-refractivity contribution in [2.75, 3.05) is 5.32 Å². The van der Waals surface area contributed by atoms with E-state index in [4.69, 9.17) is 12.2 Å². The lowest BCUT2D eigenvalue weighted by atomic mass is 9.92. The Labute approximate surface area is 189 Å². The van der Waals surface area contributed by atoms with Crippen LogP contribution in [0.5, 0.6) is 0 Å². The van der Waals surface area contributed by atoms with Gasteiger partial charge in [-0.3, -0.25) is 4.79 Å². The molecule has 0 saturated carbocycles. The number of carbonyl (C=O) groups excluding carboxylic acids is 1. The number of halogens is 1. The lowest BCUT2D eigenvalue weighted by Gasteiger charge is -2.32. The van der Waals surface area contributed by atoms with E-state index in [0.29, 0.717) is 16.4 Å². The number of anilines is 1. The van der Waals surface area contributed by atoms with E-state index in [-0.39, 0.29) is 11.9 Å².